The van der Waals surface area contributed by atoms with E-state index in [0.717, 1.165) is 44.1 Å². The standard InChI is InChI=1S/C29H48O5/c1-7-19(16(2)3)26(33)25(32)17(4)20-10-13-29(34)22-15-24(31)23-14-18(30)8-11-27(23,5)21(22)9-12-28(20,29)6/h15-21,23,25-26,30,32-34H,7-14H2,1-6H3/t17-,18-,19-,20+,21-,23+,25-,26-,27+,28+,29+/m0/s1. The van der Waals surface area contributed by atoms with Crippen molar-refractivity contribution in [3.05, 3.63) is 11.6 Å². The van der Waals surface area contributed by atoms with Crippen molar-refractivity contribution >= 4 is 5.78 Å². The SMILES string of the molecule is CC[C@@H](C(C)C)[C@H](O)[C@@H](O)[C@@H](C)[C@H]1CC[C@@]2(O)C3=CC(=O)[C@H]4C[C@@H](O)CC[C@]4(C)[C@H]3CC[C@]12C. The predicted molar refractivity (Wildman–Crippen MR) is 133 cm³/mol. The van der Waals surface area contributed by atoms with Crippen LogP contribution >= 0.6 is 0 Å². The summed E-state index contributed by atoms with van der Waals surface area (Å²) in [5, 5.41) is 44.8. The number of allylic oxidation sites excluding steroid dienone is 1. The van der Waals surface area contributed by atoms with Gasteiger partial charge < -0.3 is 20.4 Å². The molecule has 0 aliphatic heterocycles. The van der Waals surface area contributed by atoms with E-state index < -0.39 is 29.3 Å². The molecule has 5 nitrogen and oxygen atoms in total. The highest BCUT2D eigenvalue weighted by molar-refractivity contribution is 5.95. The molecule has 0 aromatic heterocycles. The molecule has 4 aliphatic rings. The summed E-state index contributed by atoms with van der Waals surface area (Å²) in [5.74, 6) is 0.325. The zero-order chi connectivity index (χ0) is 25.2. The topological polar surface area (TPSA) is 98.0 Å². The minimum Gasteiger partial charge on any atom is -0.393 e. The van der Waals surface area contributed by atoms with Crippen molar-refractivity contribution in [2.75, 3.05) is 0 Å². The van der Waals surface area contributed by atoms with Gasteiger partial charge in [-0.15, -0.1) is 0 Å². The third-order valence-corrected chi connectivity index (χ3v) is 11.4. The number of carbonyl (C=O) groups is 1. The molecule has 0 aromatic carbocycles. The number of aliphatic hydroxyl groups excluding tert-OH is 3. The Hall–Kier alpha value is -0.750. The first-order valence-electron chi connectivity index (χ1n) is 13.8. The van der Waals surface area contributed by atoms with Crippen molar-refractivity contribution in [1.82, 2.24) is 0 Å². The Bertz CT molecular complexity index is 821. The quantitative estimate of drug-likeness (QED) is 0.459. The highest BCUT2D eigenvalue weighted by atomic mass is 16.3. The summed E-state index contributed by atoms with van der Waals surface area (Å²) in [5.41, 5.74) is -0.781. The van der Waals surface area contributed by atoms with E-state index in [1.54, 1.807) is 6.08 Å². The molecule has 0 amide bonds. The summed E-state index contributed by atoms with van der Waals surface area (Å²) < 4.78 is 0. The van der Waals surface area contributed by atoms with Crippen LogP contribution in [0.3, 0.4) is 0 Å². The molecule has 11 atom stereocenters. The van der Waals surface area contributed by atoms with Gasteiger partial charge in [0, 0.05) is 11.3 Å². The smallest absolute Gasteiger partial charge is 0.159 e. The molecule has 0 spiro atoms. The number of fused-ring (bicyclic) bond motifs is 5. The Kier molecular flexibility index (Phi) is 6.94. The Balaban J connectivity index is 1.63. The van der Waals surface area contributed by atoms with Gasteiger partial charge in [-0.05, 0) is 91.6 Å². The molecule has 5 heteroatoms. The van der Waals surface area contributed by atoms with Crippen LogP contribution in [0.4, 0.5) is 0 Å². The van der Waals surface area contributed by atoms with Gasteiger partial charge in [0.15, 0.2) is 5.78 Å². The monoisotopic (exact) mass is 476 g/mol. The number of rotatable bonds is 6. The maximum absolute atomic E-state index is 13.3. The van der Waals surface area contributed by atoms with Gasteiger partial charge >= 0.3 is 0 Å². The van der Waals surface area contributed by atoms with E-state index in [4.69, 9.17) is 0 Å². The molecular weight excluding hydrogens is 428 g/mol. The van der Waals surface area contributed by atoms with E-state index in [0.29, 0.717) is 12.8 Å². The lowest BCUT2D eigenvalue weighted by atomic mass is 9.46. The Morgan fingerprint density at radius 3 is 2.29 bits per heavy atom. The van der Waals surface area contributed by atoms with Gasteiger partial charge in [-0.3, -0.25) is 4.79 Å². The van der Waals surface area contributed by atoms with Gasteiger partial charge in [0.25, 0.3) is 0 Å². The largest absolute Gasteiger partial charge is 0.393 e. The molecule has 0 heterocycles. The molecule has 0 bridgehead atoms. The van der Waals surface area contributed by atoms with Crippen molar-refractivity contribution < 1.29 is 25.2 Å². The number of ketones is 1. The molecule has 0 aromatic rings. The van der Waals surface area contributed by atoms with Crippen LogP contribution < -0.4 is 0 Å². The third kappa shape index (κ3) is 3.67. The molecule has 0 radical (unpaired) electrons. The van der Waals surface area contributed by atoms with E-state index in [-0.39, 0.29) is 46.7 Å². The normalized spacial score (nSPS) is 45.6. The maximum Gasteiger partial charge on any atom is 0.159 e. The van der Waals surface area contributed by atoms with Gasteiger partial charge in [-0.2, -0.15) is 0 Å². The van der Waals surface area contributed by atoms with Crippen LogP contribution in [0, 0.1) is 46.3 Å². The van der Waals surface area contributed by atoms with Crippen LogP contribution in [-0.2, 0) is 4.79 Å². The molecule has 4 N–H and O–H groups in total. The summed E-state index contributed by atoms with van der Waals surface area (Å²) in [7, 11) is 0. The zero-order valence-electron chi connectivity index (χ0n) is 22.1. The highest BCUT2D eigenvalue weighted by Crippen LogP contribution is 2.68. The van der Waals surface area contributed by atoms with Gasteiger partial charge in [0.2, 0.25) is 0 Å². The second-order valence-electron chi connectivity index (χ2n) is 13.2. The summed E-state index contributed by atoms with van der Waals surface area (Å²) in [6.45, 7) is 12.6. The van der Waals surface area contributed by atoms with Gasteiger partial charge in [0.05, 0.1) is 23.9 Å². The van der Waals surface area contributed by atoms with E-state index in [1.807, 2.05) is 6.92 Å². The highest BCUT2D eigenvalue weighted by Gasteiger charge is 2.66. The van der Waals surface area contributed by atoms with E-state index in [2.05, 4.69) is 34.6 Å². The molecule has 3 saturated carbocycles. The van der Waals surface area contributed by atoms with Crippen LogP contribution in [0.15, 0.2) is 11.6 Å². The Morgan fingerprint density at radius 1 is 1.00 bits per heavy atom. The van der Waals surface area contributed by atoms with Crippen LogP contribution in [0.1, 0.15) is 92.9 Å². The Labute approximate surface area is 206 Å². The lowest BCUT2D eigenvalue weighted by molar-refractivity contribution is -0.145. The predicted octanol–water partition coefficient (Wildman–Crippen LogP) is 4.26. The van der Waals surface area contributed by atoms with Crippen molar-refractivity contribution in [3.63, 3.8) is 0 Å². The summed E-state index contributed by atoms with van der Waals surface area (Å²) in [6, 6.07) is 0. The molecule has 3 fully saturated rings. The van der Waals surface area contributed by atoms with Gasteiger partial charge in [-0.1, -0.05) is 48.0 Å². The van der Waals surface area contributed by atoms with Gasteiger partial charge in [0.1, 0.15) is 0 Å². The van der Waals surface area contributed by atoms with Crippen molar-refractivity contribution in [3.8, 4) is 0 Å². The first kappa shape index (κ1) is 26.3. The number of aliphatic hydroxyl groups is 4. The van der Waals surface area contributed by atoms with Crippen LogP contribution in [0.2, 0.25) is 0 Å². The second-order valence-corrected chi connectivity index (χ2v) is 13.2. The van der Waals surface area contributed by atoms with Crippen molar-refractivity contribution in [2.24, 2.45) is 46.3 Å². The van der Waals surface area contributed by atoms with Crippen LogP contribution in [0.5, 0.6) is 0 Å². The molecule has 4 rings (SSSR count). The minimum absolute atomic E-state index is 0.0403. The maximum atomic E-state index is 13.3. The number of hydrogen-bond donors (Lipinski definition) is 4. The van der Waals surface area contributed by atoms with Crippen molar-refractivity contribution in [2.45, 2.75) is 117 Å². The lowest BCUT2D eigenvalue weighted by Gasteiger charge is -2.60. The fourth-order valence-electron chi connectivity index (χ4n) is 9.11. The second kappa shape index (κ2) is 8.97. The molecule has 0 saturated heterocycles. The number of carbonyl (C=O) groups excluding carboxylic acids is 1. The average Bonchev–Trinajstić information content (AvgIpc) is 3.06. The third-order valence-electron chi connectivity index (χ3n) is 11.4. The number of hydrogen-bond acceptors (Lipinski definition) is 5. The summed E-state index contributed by atoms with van der Waals surface area (Å²) in [4.78, 5) is 13.3. The summed E-state index contributed by atoms with van der Waals surface area (Å²) >= 11 is 0. The lowest BCUT2D eigenvalue weighted by Crippen LogP contribution is -2.59. The minimum atomic E-state index is -1.05. The fraction of sp³-hybridized carbons (Fsp3) is 0.897. The molecule has 34 heavy (non-hydrogen) atoms. The molecular formula is C29H48O5. The van der Waals surface area contributed by atoms with Crippen LogP contribution in [-0.4, -0.2) is 50.1 Å². The van der Waals surface area contributed by atoms with Crippen LogP contribution in [0.25, 0.3) is 0 Å². The van der Waals surface area contributed by atoms with E-state index in [1.165, 1.54) is 0 Å². The molecule has 4 aliphatic carbocycles. The van der Waals surface area contributed by atoms with E-state index >= 15 is 0 Å². The molecule has 194 valence electrons. The fourth-order valence-corrected chi connectivity index (χ4v) is 9.11. The zero-order valence-corrected chi connectivity index (χ0v) is 22.1. The van der Waals surface area contributed by atoms with E-state index in [9.17, 15) is 25.2 Å². The van der Waals surface area contributed by atoms with Gasteiger partial charge in [-0.25, -0.2) is 0 Å². The molecule has 0 unspecified atom stereocenters. The Morgan fingerprint density at radius 2 is 1.68 bits per heavy atom. The first-order valence-corrected chi connectivity index (χ1v) is 13.8. The first-order chi connectivity index (χ1) is 15.8. The van der Waals surface area contributed by atoms with Crippen molar-refractivity contribution in [1.29, 1.82) is 0 Å². The average molecular weight is 477 g/mol. The summed E-state index contributed by atoms with van der Waals surface area (Å²) in [6.07, 6.45) is 5.77.